The fourth-order valence-corrected chi connectivity index (χ4v) is 15.6. The summed E-state index contributed by atoms with van der Waals surface area (Å²) in [4.78, 5) is 135. The van der Waals surface area contributed by atoms with Gasteiger partial charge in [-0.15, -0.1) is 0 Å². The zero-order valence-corrected chi connectivity index (χ0v) is 73.7. The van der Waals surface area contributed by atoms with Crippen LogP contribution in [0.3, 0.4) is 0 Å². The summed E-state index contributed by atoms with van der Waals surface area (Å²) in [6.07, 6.45) is 19.1. The van der Waals surface area contributed by atoms with E-state index in [1.807, 2.05) is 159 Å². The van der Waals surface area contributed by atoms with Crippen LogP contribution in [0.15, 0.2) is 235 Å². The number of rotatable bonds is 13. The monoisotopic (exact) mass is 1750 g/mol. The average molecular weight is 1750 g/mol. The molecule has 31 nitrogen and oxygen atoms in total. The van der Waals surface area contributed by atoms with Crippen molar-refractivity contribution in [2.75, 3.05) is 26.6 Å². The van der Waals surface area contributed by atoms with E-state index in [0.717, 1.165) is 104 Å². The van der Waals surface area contributed by atoms with Crippen molar-refractivity contribution in [3.05, 3.63) is 366 Å². The number of hydrogen-bond acceptors (Lipinski definition) is 21. The maximum absolute atomic E-state index is 12.8. The van der Waals surface area contributed by atoms with Crippen LogP contribution >= 0.6 is 11.6 Å². The van der Waals surface area contributed by atoms with Crippen molar-refractivity contribution in [2.45, 2.75) is 109 Å². The number of aryl methyl sites for hydroxylation is 11. The number of hydrogen-bond donors (Lipinski definition) is 5. The van der Waals surface area contributed by atoms with E-state index in [1.165, 1.54) is 22.8 Å². The number of benzene rings is 5. The molecule has 2 aliphatic carbocycles. The zero-order valence-electron chi connectivity index (χ0n) is 72.9. The topological polar surface area (TPSA) is 375 Å². The van der Waals surface area contributed by atoms with E-state index in [1.54, 1.807) is 135 Å². The second-order valence-corrected chi connectivity index (χ2v) is 32.1. The third kappa shape index (κ3) is 18.9. The summed E-state index contributed by atoms with van der Waals surface area (Å²) in [6, 6.07) is 41.8. The molecule has 0 unspecified atom stereocenters. The maximum Gasteiger partial charge on any atom is 0.278 e. The molecule has 1 aliphatic heterocycles. The van der Waals surface area contributed by atoms with Gasteiger partial charge in [0.1, 0.15) is 66.8 Å². The molecule has 0 bridgehead atoms. The highest BCUT2D eigenvalue weighted by Gasteiger charge is 2.26. The number of amides is 5. The number of allylic oxidation sites excluding steroid dienone is 5. The molecule has 0 saturated carbocycles. The van der Waals surface area contributed by atoms with Crippen LogP contribution in [-0.4, -0.2) is 112 Å². The Morgan fingerprint density at radius 3 is 1.34 bits per heavy atom. The van der Waals surface area contributed by atoms with Gasteiger partial charge < -0.3 is 40.5 Å². The van der Waals surface area contributed by atoms with Gasteiger partial charge in [0.05, 0.1) is 11.6 Å². The van der Waals surface area contributed by atoms with E-state index in [0.29, 0.717) is 101 Å². The number of halogens is 1. The number of anilines is 5. The molecule has 5 amide bonds. The minimum Gasteiger partial charge on any atom is -0.487 e. The Kier molecular flexibility index (Phi) is 24.4. The molecular weight excluding hydrogens is 1670 g/mol. The minimum atomic E-state index is -0.376. The third-order valence-electron chi connectivity index (χ3n) is 21.5. The number of imidazole rings is 5. The predicted molar refractivity (Wildman–Crippen MR) is 496 cm³/mol. The third-order valence-corrected chi connectivity index (χ3v) is 21.9. The van der Waals surface area contributed by atoms with Crippen LogP contribution in [0.1, 0.15) is 160 Å². The van der Waals surface area contributed by atoms with Gasteiger partial charge in [0.2, 0.25) is 0 Å². The summed E-state index contributed by atoms with van der Waals surface area (Å²) in [7, 11) is 0. The number of nitrogens with zero attached hydrogens (tertiary/aromatic N) is 16. The first-order chi connectivity index (χ1) is 62.4. The molecular formula is C98H86ClN21O10. The Hall–Kier alpha value is -16.6. The molecule has 3 aliphatic rings. The number of ketones is 1. The molecule has 0 saturated heterocycles. The Morgan fingerprint density at radius 1 is 0.454 bits per heavy atom. The molecule has 32 heteroatoms. The van der Waals surface area contributed by atoms with E-state index in [2.05, 4.69) is 101 Å². The smallest absolute Gasteiger partial charge is 0.278 e. The lowest BCUT2D eigenvalue weighted by Gasteiger charge is -2.18. The van der Waals surface area contributed by atoms with Crippen LogP contribution in [0, 0.1) is 76.2 Å². The van der Waals surface area contributed by atoms with E-state index < -0.39 is 0 Å². The number of ether oxygens (including phenoxy) is 2. The molecule has 12 aromatic heterocycles. The van der Waals surface area contributed by atoms with Crippen molar-refractivity contribution in [3.63, 3.8) is 0 Å². The Balaban J connectivity index is 0.000000119. The summed E-state index contributed by atoms with van der Waals surface area (Å²) in [5, 5.41) is 15.3. The van der Waals surface area contributed by atoms with Gasteiger partial charge in [-0.1, -0.05) is 48.5 Å². The summed E-state index contributed by atoms with van der Waals surface area (Å²) < 4.78 is 25.9. The number of carbonyl (C=O) groups excluding carboxylic acids is 6. The fourth-order valence-electron chi connectivity index (χ4n) is 15.4. The number of carbonyl (C=O) groups is 6. The van der Waals surface area contributed by atoms with E-state index in [-0.39, 0.29) is 70.1 Å². The van der Waals surface area contributed by atoms with Gasteiger partial charge in [0.15, 0.2) is 67.9 Å². The zero-order chi connectivity index (χ0) is 91.6. The fraction of sp³-hybridized carbons (Fsp3) is 0.163. The lowest BCUT2D eigenvalue weighted by atomic mass is 9.95. The molecule has 130 heavy (non-hydrogen) atoms. The second-order valence-electron chi connectivity index (χ2n) is 31.7. The van der Waals surface area contributed by atoms with Crippen molar-refractivity contribution in [3.8, 4) is 11.5 Å². The number of aromatic nitrogens is 16. The molecule has 0 fully saturated rings. The van der Waals surface area contributed by atoms with Gasteiger partial charge in [-0.3, -0.25) is 60.5 Å². The van der Waals surface area contributed by atoms with Crippen LogP contribution < -0.4 is 41.5 Å². The van der Waals surface area contributed by atoms with E-state index >= 15 is 0 Å². The van der Waals surface area contributed by atoms with Crippen molar-refractivity contribution in [1.29, 1.82) is 0 Å². The molecule has 0 atom stereocenters. The van der Waals surface area contributed by atoms with Gasteiger partial charge in [-0.05, 0) is 246 Å². The molecule has 17 aromatic rings. The van der Waals surface area contributed by atoms with E-state index in [9.17, 15) is 33.6 Å². The largest absolute Gasteiger partial charge is 0.487 e. The Labute approximate surface area is 748 Å². The minimum absolute atomic E-state index is 0.0438. The van der Waals surface area contributed by atoms with Gasteiger partial charge >= 0.3 is 0 Å². The van der Waals surface area contributed by atoms with Crippen LogP contribution in [-0.2, 0) is 25.9 Å². The maximum atomic E-state index is 12.8. The highest BCUT2D eigenvalue weighted by atomic mass is 35.5. The summed E-state index contributed by atoms with van der Waals surface area (Å²) >= 11 is 6.28. The van der Waals surface area contributed by atoms with Crippen molar-refractivity contribution < 1.29 is 42.7 Å². The van der Waals surface area contributed by atoms with Gasteiger partial charge in [-0.25, -0.2) is 49.8 Å². The standard InChI is InChI=1S/C21H18ClN5O2.C20H18N4O2.C19H16N4O3.C19H16N4O2.C19H18N4O/c1-13-8-14(2)27-12-24-19(20(27)25-13)21(28)26-16-5-6-18(22)15(9-16)11-29-17-4-3-7-23-10-17;1-11-7-14(4)26-17-9-15(5-6-16(11)17)23-20(25)18-19-22-12(2)8-13(3)24(19)10-21-18;1-10-6-11(2)23-9-20-17(18(23)21-10)19(25)22-13-4-5-14-15(24)7-12(3)26-16(14)8-13;1-11-8-12(2)23-10-20-17(18(23)21-11)19(25)22-14-7-6-13-4-3-5-16(24)15(13)9-14;1-11-6-14-4-5-16(9-15(14)7-11)22-19(24)17-18-21-12(2)8-13(3)23(18)10-20-17/h3-10,12H,11H2,1-2H3,(H,26,28);5-10H,4H2,1-3H3,(H,23,25);4-9H,1-3H3,(H,22,25);3,5-10H,4H2,1-2H3,(H,22,25);4-5,8-10H,1,6-7H2,2-3H3,(H,22,24). The SMILES string of the molecule is C=C1C=C(C)c2ccc(NC(=O)c3ncn4c(C)cc(C)nc34)cc2O1.C=C1Cc2ccc(NC(=O)c3ncn4c(C)cc(C)nc34)cc2C1.Cc1cc(C)n2cnc(C(=O)Nc3ccc(Cl)c(COc4cccnc4)c3)c2n1.Cc1cc(C)n2cnc(C(=O)Nc3ccc4c(=O)cc(C)oc4c3)c2n1.Cc1cc(C)n2cnc(C(=O)Nc3ccc4c(c3)C(=O)C=CC4)c2n1. The molecule has 5 aromatic carbocycles. The number of pyridine rings is 1. The molecule has 650 valence electrons. The summed E-state index contributed by atoms with van der Waals surface area (Å²) in [6.45, 7) is 31.0. The summed E-state index contributed by atoms with van der Waals surface area (Å²) in [5.41, 5.74) is 24.6. The molecule has 13 heterocycles. The Morgan fingerprint density at radius 2 is 0.869 bits per heavy atom. The van der Waals surface area contributed by atoms with Gasteiger partial charge in [0.25, 0.3) is 29.5 Å². The van der Waals surface area contributed by atoms with Crippen LogP contribution in [0.2, 0.25) is 5.02 Å². The molecule has 0 spiro atoms. The van der Waals surface area contributed by atoms with Crippen molar-refractivity contribution >= 4 is 120 Å². The highest BCUT2D eigenvalue weighted by molar-refractivity contribution is 6.31. The van der Waals surface area contributed by atoms with Crippen molar-refractivity contribution in [2.24, 2.45) is 0 Å². The number of fused-ring (bicyclic) bond motifs is 9. The first-order valence-electron chi connectivity index (χ1n) is 41.2. The van der Waals surface area contributed by atoms with Gasteiger partial charge in [-0.2, -0.15) is 0 Å². The van der Waals surface area contributed by atoms with Crippen LogP contribution in [0.5, 0.6) is 11.5 Å². The van der Waals surface area contributed by atoms with E-state index in [4.69, 9.17) is 25.5 Å². The van der Waals surface area contributed by atoms with Crippen LogP contribution in [0.4, 0.5) is 28.4 Å². The highest BCUT2D eigenvalue weighted by Crippen LogP contribution is 2.36. The lowest BCUT2D eigenvalue weighted by molar-refractivity contribution is 0.101. The molecule has 5 N–H and O–H groups in total. The molecule has 20 rings (SSSR count). The first-order valence-corrected chi connectivity index (χ1v) is 41.6. The molecule has 0 radical (unpaired) electrons. The Bertz CT molecular complexity index is 7680. The predicted octanol–water partition coefficient (Wildman–Crippen LogP) is 17.3. The normalized spacial score (nSPS) is 12.3. The quantitative estimate of drug-likeness (QED) is 0.0669. The lowest BCUT2D eigenvalue weighted by Crippen LogP contribution is -2.15. The second kappa shape index (κ2) is 36.6. The van der Waals surface area contributed by atoms with Crippen molar-refractivity contribution in [1.82, 2.24) is 76.8 Å². The number of nitrogens with one attached hydrogen (secondary N) is 5. The first kappa shape index (κ1) is 86.9. The van der Waals surface area contributed by atoms with Gasteiger partial charge in [0, 0.05) is 131 Å². The summed E-state index contributed by atoms with van der Waals surface area (Å²) in [5.74, 6) is 0.738. The average Bonchev–Trinajstić information content (AvgIpc) is 1.69. The van der Waals surface area contributed by atoms with Crippen LogP contribution in [0.25, 0.3) is 44.8 Å².